The van der Waals surface area contributed by atoms with Crippen molar-refractivity contribution in [3.8, 4) is 11.3 Å². The van der Waals surface area contributed by atoms with Gasteiger partial charge in [0.1, 0.15) is 34.5 Å². The van der Waals surface area contributed by atoms with Gasteiger partial charge in [-0.25, -0.2) is 23.7 Å². The average molecular weight is 372 g/mol. The summed E-state index contributed by atoms with van der Waals surface area (Å²) >= 11 is 0. The topological polar surface area (TPSA) is 69.9 Å². The minimum atomic E-state index is -0.756. The van der Waals surface area contributed by atoms with E-state index in [1.807, 2.05) is 0 Å². The minimum absolute atomic E-state index is 0.0106. The Kier molecular flexibility index (Phi) is 4.43. The fourth-order valence-electron chi connectivity index (χ4n) is 3.28. The van der Waals surface area contributed by atoms with Crippen LogP contribution in [-0.4, -0.2) is 32.7 Å². The van der Waals surface area contributed by atoms with Gasteiger partial charge in [-0.1, -0.05) is 0 Å². The highest BCUT2D eigenvalue weighted by molar-refractivity contribution is 5.88. The van der Waals surface area contributed by atoms with Gasteiger partial charge in [0.05, 0.1) is 0 Å². The van der Waals surface area contributed by atoms with E-state index in [1.54, 1.807) is 14.0 Å². The number of rotatable bonds is 2. The number of aromatic nitrogens is 4. The first-order valence-electron chi connectivity index (χ1n) is 8.74. The smallest absolute Gasteiger partial charge is 0.279 e. The van der Waals surface area contributed by atoms with Crippen molar-refractivity contribution in [1.29, 1.82) is 0 Å². The second-order valence-corrected chi connectivity index (χ2v) is 6.66. The maximum Gasteiger partial charge on any atom is 0.279 e. The molecular weight excluding hydrogens is 354 g/mol. The molecule has 0 N–H and O–H groups in total. The molecule has 0 bridgehead atoms. The number of benzene rings is 1. The molecule has 1 saturated heterocycles. The largest absolute Gasteiger partial charge is 0.381 e. The molecule has 140 valence electrons. The van der Waals surface area contributed by atoms with E-state index in [1.165, 1.54) is 10.6 Å². The first-order chi connectivity index (χ1) is 13.0. The number of hydrogen-bond acceptors (Lipinski definition) is 5. The summed E-state index contributed by atoms with van der Waals surface area (Å²) in [6.45, 7) is 2.84. The van der Waals surface area contributed by atoms with Crippen LogP contribution >= 0.6 is 0 Å². The van der Waals surface area contributed by atoms with Crippen molar-refractivity contribution < 1.29 is 13.5 Å². The fraction of sp³-hybridized carbons (Fsp3) is 0.368. The van der Waals surface area contributed by atoms with Gasteiger partial charge in [0.25, 0.3) is 5.56 Å². The summed E-state index contributed by atoms with van der Waals surface area (Å²) in [4.78, 5) is 26.2. The van der Waals surface area contributed by atoms with Crippen LogP contribution in [0.15, 0.2) is 23.0 Å². The van der Waals surface area contributed by atoms with Crippen LogP contribution in [0.3, 0.4) is 0 Å². The summed E-state index contributed by atoms with van der Waals surface area (Å²) in [6, 6.07) is 3.27. The third kappa shape index (κ3) is 3.10. The normalized spacial score (nSPS) is 15.4. The van der Waals surface area contributed by atoms with Crippen molar-refractivity contribution in [3.05, 3.63) is 51.8 Å². The van der Waals surface area contributed by atoms with Crippen LogP contribution in [0.2, 0.25) is 0 Å². The molecule has 1 aromatic carbocycles. The van der Waals surface area contributed by atoms with Crippen molar-refractivity contribution in [1.82, 2.24) is 19.5 Å². The maximum atomic E-state index is 14.5. The molecule has 8 heteroatoms. The Hall–Kier alpha value is -2.74. The third-order valence-corrected chi connectivity index (χ3v) is 4.94. The van der Waals surface area contributed by atoms with E-state index in [4.69, 9.17) is 4.74 Å². The molecule has 0 aliphatic carbocycles. The molecule has 6 nitrogen and oxygen atoms in total. The predicted octanol–water partition coefficient (Wildman–Crippen LogP) is 2.87. The van der Waals surface area contributed by atoms with Crippen LogP contribution in [0.4, 0.5) is 8.78 Å². The Labute approximate surface area is 153 Å². The zero-order chi connectivity index (χ0) is 19.1. The summed E-state index contributed by atoms with van der Waals surface area (Å²) in [5.74, 6) is -0.505. The van der Waals surface area contributed by atoms with Gasteiger partial charge >= 0.3 is 0 Å². The summed E-state index contributed by atoms with van der Waals surface area (Å²) < 4.78 is 34.6. The Morgan fingerprint density at radius 1 is 1.11 bits per heavy atom. The highest BCUT2D eigenvalue weighted by atomic mass is 19.1. The third-order valence-electron chi connectivity index (χ3n) is 4.94. The predicted molar refractivity (Wildman–Crippen MR) is 95.5 cm³/mol. The molecule has 1 aliphatic rings. The van der Waals surface area contributed by atoms with Crippen LogP contribution < -0.4 is 5.56 Å². The van der Waals surface area contributed by atoms with Crippen molar-refractivity contribution in [3.63, 3.8) is 0 Å². The highest BCUT2D eigenvalue weighted by Crippen LogP contribution is 2.31. The number of aryl methyl sites for hydroxylation is 1. The summed E-state index contributed by atoms with van der Waals surface area (Å²) in [6.07, 6.45) is 1.44. The zero-order valence-corrected chi connectivity index (χ0v) is 15.0. The van der Waals surface area contributed by atoms with Crippen LogP contribution in [0.25, 0.3) is 22.3 Å². The van der Waals surface area contributed by atoms with E-state index >= 15 is 0 Å². The molecule has 3 aromatic rings. The molecule has 3 heterocycles. The summed E-state index contributed by atoms with van der Waals surface area (Å²) in [5, 5.41) is 0. The Bertz CT molecular complexity index is 1090. The molecule has 0 radical (unpaired) electrons. The average Bonchev–Trinajstić information content (AvgIpc) is 2.67. The highest BCUT2D eigenvalue weighted by Gasteiger charge is 2.24. The first kappa shape index (κ1) is 17.7. The monoisotopic (exact) mass is 372 g/mol. The quantitative estimate of drug-likeness (QED) is 0.692. The Morgan fingerprint density at radius 2 is 1.85 bits per heavy atom. The summed E-state index contributed by atoms with van der Waals surface area (Å²) in [5.41, 5.74) is 0.337. The van der Waals surface area contributed by atoms with E-state index in [9.17, 15) is 13.6 Å². The number of fused-ring (bicyclic) bond motifs is 1. The van der Waals surface area contributed by atoms with Gasteiger partial charge in [-0.05, 0) is 31.9 Å². The molecule has 0 spiro atoms. The van der Waals surface area contributed by atoms with E-state index in [2.05, 4.69) is 15.0 Å². The van der Waals surface area contributed by atoms with Gasteiger partial charge in [-0.15, -0.1) is 0 Å². The lowest BCUT2D eigenvalue weighted by Crippen LogP contribution is -2.24. The van der Waals surface area contributed by atoms with Crippen molar-refractivity contribution in [2.75, 3.05) is 13.2 Å². The molecular formula is C19H18F2N4O2. The Balaban J connectivity index is 2.04. The molecule has 0 atom stereocenters. The minimum Gasteiger partial charge on any atom is -0.381 e. The van der Waals surface area contributed by atoms with E-state index in [0.717, 1.165) is 25.0 Å². The molecule has 0 unspecified atom stereocenters. The standard InChI is InChI=1S/C19H18F2N4O2/c1-10-22-16-15(13-4-3-12(20)9-14(13)21)23-18(11-5-7-27-8-6-11)24-17(16)19(26)25(10)2/h3-4,9,11H,5-8H2,1-2H3. The molecule has 1 aliphatic heterocycles. The maximum absolute atomic E-state index is 14.5. The Morgan fingerprint density at radius 3 is 2.56 bits per heavy atom. The number of ether oxygens (including phenoxy) is 1. The lowest BCUT2D eigenvalue weighted by molar-refractivity contribution is 0.0837. The van der Waals surface area contributed by atoms with E-state index in [0.29, 0.717) is 24.9 Å². The lowest BCUT2D eigenvalue weighted by Gasteiger charge is -2.21. The first-order valence-corrected chi connectivity index (χ1v) is 8.74. The van der Waals surface area contributed by atoms with E-state index in [-0.39, 0.29) is 33.8 Å². The summed E-state index contributed by atoms with van der Waals surface area (Å²) in [7, 11) is 1.61. The number of nitrogens with zero attached hydrogens (tertiary/aromatic N) is 4. The zero-order valence-electron chi connectivity index (χ0n) is 15.0. The van der Waals surface area contributed by atoms with Gasteiger partial charge < -0.3 is 4.74 Å². The van der Waals surface area contributed by atoms with Gasteiger partial charge in [-0.2, -0.15) is 0 Å². The van der Waals surface area contributed by atoms with Gasteiger partial charge in [0.15, 0.2) is 5.52 Å². The van der Waals surface area contributed by atoms with Crippen molar-refractivity contribution >= 4 is 11.0 Å². The number of halogens is 2. The fourth-order valence-corrected chi connectivity index (χ4v) is 3.28. The van der Waals surface area contributed by atoms with Crippen LogP contribution in [0, 0.1) is 18.6 Å². The number of hydrogen-bond donors (Lipinski definition) is 0. The molecule has 1 fully saturated rings. The SMILES string of the molecule is Cc1nc2c(-c3ccc(F)cc3F)nc(C3CCOCC3)nc2c(=O)n1C. The van der Waals surface area contributed by atoms with Gasteiger partial charge in [0.2, 0.25) is 0 Å². The van der Waals surface area contributed by atoms with Gasteiger partial charge in [0, 0.05) is 37.8 Å². The van der Waals surface area contributed by atoms with Gasteiger partial charge in [-0.3, -0.25) is 9.36 Å². The molecule has 2 aromatic heterocycles. The van der Waals surface area contributed by atoms with Crippen molar-refractivity contribution in [2.24, 2.45) is 7.05 Å². The lowest BCUT2D eigenvalue weighted by atomic mass is 9.98. The van der Waals surface area contributed by atoms with Crippen LogP contribution in [0.5, 0.6) is 0 Å². The van der Waals surface area contributed by atoms with Crippen molar-refractivity contribution in [2.45, 2.75) is 25.7 Å². The van der Waals surface area contributed by atoms with Crippen LogP contribution in [-0.2, 0) is 11.8 Å². The molecule has 4 rings (SSSR count). The molecule has 27 heavy (non-hydrogen) atoms. The molecule has 0 amide bonds. The molecule has 0 saturated carbocycles. The second-order valence-electron chi connectivity index (χ2n) is 6.66. The second kappa shape index (κ2) is 6.77. The van der Waals surface area contributed by atoms with E-state index < -0.39 is 11.6 Å². The van der Waals surface area contributed by atoms with Crippen LogP contribution in [0.1, 0.15) is 30.4 Å².